The smallest absolute Gasteiger partial charge is 0.0345 e. The third-order valence-corrected chi connectivity index (χ3v) is 3.76. The zero-order chi connectivity index (χ0) is 9.14. The summed E-state index contributed by atoms with van der Waals surface area (Å²) in [4.78, 5) is 1.32. The monoisotopic (exact) mass is 244 g/mol. The van der Waals surface area contributed by atoms with Gasteiger partial charge in [-0.05, 0) is 39.7 Å². The molecule has 0 spiro atoms. The van der Waals surface area contributed by atoms with Gasteiger partial charge in [-0.2, -0.15) is 0 Å². The van der Waals surface area contributed by atoms with Crippen LogP contribution in [0.2, 0.25) is 0 Å². The van der Waals surface area contributed by atoms with Crippen LogP contribution >= 0.6 is 27.7 Å². The molecule has 0 radical (unpaired) electrons. The summed E-state index contributed by atoms with van der Waals surface area (Å²) in [6.07, 6.45) is 2.10. The Hall–Kier alpha value is 0.0500. The van der Waals surface area contributed by atoms with Crippen LogP contribution in [0.4, 0.5) is 0 Å². The maximum Gasteiger partial charge on any atom is 0.0345 e. The van der Waals surface area contributed by atoms with E-state index >= 15 is 0 Å². The Balaban J connectivity index is 3.14. The van der Waals surface area contributed by atoms with E-state index < -0.39 is 0 Å². The van der Waals surface area contributed by atoms with Crippen molar-refractivity contribution in [1.82, 2.24) is 0 Å². The van der Waals surface area contributed by atoms with Gasteiger partial charge in [0.25, 0.3) is 0 Å². The lowest BCUT2D eigenvalue weighted by Crippen LogP contribution is -1.89. The summed E-state index contributed by atoms with van der Waals surface area (Å²) in [5, 5.41) is 0. The molecule has 0 fully saturated rings. The maximum absolute atomic E-state index is 3.62. The van der Waals surface area contributed by atoms with E-state index in [4.69, 9.17) is 0 Å². The van der Waals surface area contributed by atoms with Gasteiger partial charge in [0.05, 0.1) is 0 Å². The van der Waals surface area contributed by atoms with Crippen LogP contribution in [0, 0.1) is 0 Å². The van der Waals surface area contributed by atoms with Gasteiger partial charge in [0.1, 0.15) is 0 Å². The van der Waals surface area contributed by atoms with Crippen molar-refractivity contribution in [2.24, 2.45) is 0 Å². The molecule has 66 valence electrons. The first-order valence-corrected chi connectivity index (χ1v) is 6.01. The van der Waals surface area contributed by atoms with Gasteiger partial charge in [-0.1, -0.05) is 26.0 Å². The van der Waals surface area contributed by atoms with E-state index in [2.05, 4.69) is 54.2 Å². The molecule has 0 bridgehead atoms. The first kappa shape index (κ1) is 10.1. The number of hydrogen-bond acceptors (Lipinski definition) is 1. The van der Waals surface area contributed by atoms with E-state index in [1.807, 2.05) is 0 Å². The van der Waals surface area contributed by atoms with Gasteiger partial charge in [-0.25, -0.2) is 0 Å². The first-order valence-electron chi connectivity index (χ1n) is 3.99. The fraction of sp³-hybridized carbons (Fsp3) is 0.400. The molecule has 0 nitrogen and oxygen atoms in total. The van der Waals surface area contributed by atoms with Crippen LogP contribution in [0.5, 0.6) is 0 Å². The molecule has 0 heterocycles. The van der Waals surface area contributed by atoms with Crippen molar-refractivity contribution < 1.29 is 0 Å². The second-order valence-corrected chi connectivity index (χ2v) is 4.66. The van der Waals surface area contributed by atoms with Crippen LogP contribution in [0.25, 0.3) is 0 Å². The number of hydrogen-bond donors (Lipinski definition) is 0. The average Bonchev–Trinajstić information content (AvgIpc) is 2.04. The van der Waals surface area contributed by atoms with Crippen molar-refractivity contribution in [2.75, 3.05) is 6.26 Å². The van der Waals surface area contributed by atoms with Crippen molar-refractivity contribution >= 4 is 27.7 Å². The molecule has 2 heteroatoms. The second-order valence-electron chi connectivity index (χ2n) is 3.02. The largest absolute Gasteiger partial charge is 0.128 e. The number of rotatable bonds is 2. The minimum atomic E-state index is 0.589. The van der Waals surface area contributed by atoms with E-state index in [0.29, 0.717) is 5.92 Å². The summed E-state index contributed by atoms with van der Waals surface area (Å²) in [6, 6.07) is 6.43. The Labute approximate surface area is 86.9 Å². The standard InChI is InChI=1S/C10H13BrS/c1-7(2)8-5-4-6-9(12-3)10(8)11/h4-7H,1-3H3. The van der Waals surface area contributed by atoms with Gasteiger partial charge in [-0.15, -0.1) is 11.8 Å². The van der Waals surface area contributed by atoms with E-state index in [-0.39, 0.29) is 0 Å². The van der Waals surface area contributed by atoms with Crippen molar-refractivity contribution in [3.05, 3.63) is 28.2 Å². The van der Waals surface area contributed by atoms with Crippen LogP contribution < -0.4 is 0 Å². The van der Waals surface area contributed by atoms with Crippen molar-refractivity contribution in [1.29, 1.82) is 0 Å². The molecule has 0 aliphatic heterocycles. The Kier molecular flexibility index (Phi) is 3.66. The molecule has 1 rings (SSSR count). The minimum Gasteiger partial charge on any atom is -0.128 e. The summed E-state index contributed by atoms with van der Waals surface area (Å²) in [5.41, 5.74) is 1.39. The van der Waals surface area contributed by atoms with Gasteiger partial charge in [-0.3, -0.25) is 0 Å². The van der Waals surface area contributed by atoms with Gasteiger partial charge in [0.15, 0.2) is 0 Å². The summed E-state index contributed by atoms with van der Waals surface area (Å²) >= 11 is 5.40. The van der Waals surface area contributed by atoms with Crippen LogP contribution in [0.15, 0.2) is 27.6 Å². The lowest BCUT2D eigenvalue weighted by atomic mass is 10.0. The Bertz CT molecular complexity index is 269. The highest BCUT2D eigenvalue weighted by Crippen LogP contribution is 2.32. The minimum absolute atomic E-state index is 0.589. The topological polar surface area (TPSA) is 0 Å². The Morgan fingerprint density at radius 1 is 1.33 bits per heavy atom. The fourth-order valence-electron chi connectivity index (χ4n) is 1.13. The second kappa shape index (κ2) is 4.33. The van der Waals surface area contributed by atoms with Crippen LogP contribution in [-0.4, -0.2) is 6.26 Å². The zero-order valence-electron chi connectivity index (χ0n) is 7.60. The van der Waals surface area contributed by atoms with E-state index in [1.165, 1.54) is 14.9 Å². The SMILES string of the molecule is CSc1cccc(C(C)C)c1Br. The van der Waals surface area contributed by atoms with Crippen LogP contribution in [-0.2, 0) is 0 Å². The van der Waals surface area contributed by atoms with Gasteiger partial charge >= 0.3 is 0 Å². The molecule has 0 unspecified atom stereocenters. The van der Waals surface area contributed by atoms with Crippen molar-refractivity contribution in [3.8, 4) is 0 Å². The highest BCUT2D eigenvalue weighted by atomic mass is 79.9. The average molecular weight is 245 g/mol. The molecule has 0 amide bonds. The summed E-state index contributed by atoms with van der Waals surface area (Å²) in [7, 11) is 0. The van der Waals surface area contributed by atoms with E-state index in [1.54, 1.807) is 11.8 Å². The molecule has 0 aliphatic carbocycles. The first-order chi connectivity index (χ1) is 5.66. The molecule has 0 aromatic heterocycles. The van der Waals surface area contributed by atoms with Crippen LogP contribution in [0.1, 0.15) is 25.3 Å². The number of halogens is 1. The van der Waals surface area contributed by atoms with E-state index in [0.717, 1.165) is 0 Å². The van der Waals surface area contributed by atoms with Gasteiger partial charge < -0.3 is 0 Å². The molecule has 1 aromatic carbocycles. The highest BCUT2D eigenvalue weighted by Gasteiger charge is 2.06. The Morgan fingerprint density at radius 3 is 2.50 bits per heavy atom. The predicted molar refractivity (Wildman–Crippen MR) is 60.0 cm³/mol. The molecule has 1 aromatic rings. The molecule has 12 heavy (non-hydrogen) atoms. The summed E-state index contributed by atoms with van der Waals surface area (Å²) in [6.45, 7) is 4.42. The molecule has 0 saturated heterocycles. The third kappa shape index (κ3) is 2.05. The molecular weight excluding hydrogens is 232 g/mol. The maximum atomic E-state index is 3.62. The van der Waals surface area contributed by atoms with Gasteiger partial charge in [0.2, 0.25) is 0 Å². The lowest BCUT2D eigenvalue weighted by Gasteiger charge is -2.10. The predicted octanol–water partition coefficient (Wildman–Crippen LogP) is 4.29. The quantitative estimate of drug-likeness (QED) is 0.700. The summed E-state index contributed by atoms with van der Waals surface area (Å²) < 4.78 is 1.26. The Morgan fingerprint density at radius 2 is 2.00 bits per heavy atom. The van der Waals surface area contributed by atoms with Crippen LogP contribution in [0.3, 0.4) is 0 Å². The molecule has 0 atom stereocenters. The van der Waals surface area contributed by atoms with E-state index in [9.17, 15) is 0 Å². The third-order valence-electron chi connectivity index (χ3n) is 1.84. The molecule has 0 saturated carbocycles. The normalized spacial score (nSPS) is 10.8. The zero-order valence-corrected chi connectivity index (χ0v) is 10.00. The highest BCUT2D eigenvalue weighted by molar-refractivity contribution is 9.10. The number of benzene rings is 1. The summed E-state index contributed by atoms with van der Waals surface area (Å²) in [5.74, 6) is 0.589. The fourth-order valence-corrected chi connectivity index (χ4v) is 2.85. The lowest BCUT2D eigenvalue weighted by molar-refractivity contribution is 0.855. The molecular formula is C10H13BrS. The molecule has 0 N–H and O–H groups in total. The van der Waals surface area contributed by atoms with Crippen molar-refractivity contribution in [2.45, 2.75) is 24.7 Å². The molecule has 0 aliphatic rings. The number of thioether (sulfide) groups is 1. The van der Waals surface area contributed by atoms with Gasteiger partial charge in [0, 0.05) is 9.37 Å². The van der Waals surface area contributed by atoms with Crippen molar-refractivity contribution in [3.63, 3.8) is 0 Å².